The van der Waals surface area contributed by atoms with Gasteiger partial charge >= 0.3 is 0 Å². The van der Waals surface area contributed by atoms with Crippen molar-refractivity contribution in [3.63, 3.8) is 0 Å². The minimum absolute atomic E-state index is 0. The second-order valence-electron chi connectivity index (χ2n) is 15.9. The van der Waals surface area contributed by atoms with Crippen molar-refractivity contribution in [3.8, 4) is 0 Å². The van der Waals surface area contributed by atoms with Crippen LogP contribution in [-0.2, 0) is 9.47 Å². The number of anilines is 2. The lowest BCUT2D eigenvalue weighted by Crippen LogP contribution is -2.50. The van der Waals surface area contributed by atoms with Crippen LogP contribution in [0.3, 0.4) is 0 Å². The van der Waals surface area contributed by atoms with Crippen LogP contribution in [0.2, 0.25) is 0 Å². The van der Waals surface area contributed by atoms with Gasteiger partial charge in [0.1, 0.15) is 11.5 Å². The number of ether oxygens (including phenoxy) is 2. The number of halogens is 1. The summed E-state index contributed by atoms with van der Waals surface area (Å²) < 4.78 is 13.3. The largest absolute Gasteiger partial charge is 0.393 e. The smallest absolute Gasteiger partial charge is 0.171 e. The third kappa shape index (κ3) is 6.02. The molecule has 9 heteroatoms. The van der Waals surface area contributed by atoms with Crippen LogP contribution in [-0.4, -0.2) is 34.7 Å². The van der Waals surface area contributed by atoms with Crippen molar-refractivity contribution in [1.82, 2.24) is 4.98 Å². The Labute approximate surface area is 286 Å². The normalized spacial score (nSPS) is 41.9. The maximum atomic E-state index is 10.3. The number of azo groups is 1. The summed E-state index contributed by atoms with van der Waals surface area (Å²) in [6, 6.07) is 12.7. The van der Waals surface area contributed by atoms with E-state index in [0.717, 1.165) is 43.4 Å². The SMILES string of the molecule is CC1CCC2(OC1)OC1CC3C4CCC5CC(O)CCC5(C)C4=CCC3(C)C1C2C.Cl.Nc1ccc(N=Nc2ccccc2)c(N)n1. The zero-order chi connectivity index (χ0) is 32.3. The number of nitrogens with two attached hydrogens (primary N) is 2. The molecule has 11 unspecified atom stereocenters. The predicted octanol–water partition coefficient (Wildman–Crippen LogP) is 8.80. The average Bonchev–Trinajstić information content (AvgIpc) is 3.49. The number of pyridine rings is 1. The lowest BCUT2D eigenvalue weighted by molar-refractivity contribution is -0.272. The molecule has 2 aliphatic heterocycles. The summed E-state index contributed by atoms with van der Waals surface area (Å²) in [6.45, 7) is 10.7. The van der Waals surface area contributed by atoms with Crippen molar-refractivity contribution in [2.24, 2.45) is 56.6 Å². The van der Waals surface area contributed by atoms with Gasteiger partial charge in [-0.3, -0.25) is 0 Å². The van der Waals surface area contributed by atoms with Gasteiger partial charge in [-0.25, -0.2) is 4.98 Å². The summed E-state index contributed by atoms with van der Waals surface area (Å²) in [7, 11) is 0. The van der Waals surface area contributed by atoms with Crippen LogP contribution in [0.5, 0.6) is 0 Å². The number of aromatic nitrogens is 1. The maximum Gasteiger partial charge on any atom is 0.171 e. The van der Waals surface area contributed by atoms with Gasteiger partial charge in [0, 0.05) is 12.3 Å². The van der Waals surface area contributed by atoms with Crippen molar-refractivity contribution in [2.45, 2.75) is 103 Å². The molecule has 1 aromatic heterocycles. The lowest BCUT2D eigenvalue weighted by Gasteiger charge is -2.57. The first kappa shape index (κ1) is 34.3. The summed E-state index contributed by atoms with van der Waals surface area (Å²) in [4.78, 5) is 3.89. The van der Waals surface area contributed by atoms with Gasteiger partial charge in [-0.2, -0.15) is 5.11 Å². The number of hydrogen-bond acceptors (Lipinski definition) is 8. The molecular formula is C38H54ClN5O3. The van der Waals surface area contributed by atoms with Crippen LogP contribution in [0.4, 0.5) is 23.0 Å². The van der Waals surface area contributed by atoms with Gasteiger partial charge in [-0.1, -0.05) is 57.5 Å². The molecule has 0 radical (unpaired) electrons. The molecule has 4 aliphatic carbocycles. The van der Waals surface area contributed by atoms with E-state index in [9.17, 15) is 5.11 Å². The topological polar surface area (TPSA) is 128 Å². The van der Waals surface area contributed by atoms with E-state index in [1.54, 1.807) is 17.7 Å². The minimum Gasteiger partial charge on any atom is -0.393 e. The van der Waals surface area contributed by atoms with Crippen LogP contribution in [0.25, 0.3) is 0 Å². The Morgan fingerprint density at radius 1 is 0.936 bits per heavy atom. The number of aliphatic hydroxyl groups is 1. The first-order valence-electron chi connectivity index (χ1n) is 17.7. The molecule has 11 atom stereocenters. The van der Waals surface area contributed by atoms with Crippen molar-refractivity contribution in [3.05, 3.63) is 54.1 Å². The zero-order valence-electron chi connectivity index (χ0n) is 28.5. The summed E-state index contributed by atoms with van der Waals surface area (Å²) in [5, 5.41) is 18.3. The van der Waals surface area contributed by atoms with Gasteiger partial charge < -0.3 is 26.0 Å². The van der Waals surface area contributed by atoms with Crippen molar-refractivity contribution in [2.75, 3.05) is 18.1 Å². The predicted molar refractivity (Wildman–Crippen MR) is 189 cm³/mol. The summed E-state index contributed by atoms with van der Waals surface area (Å²) in [6.07, 6.45) is 13.6. The molecule has 3 heterocycles. The molecule has 47 heavy (non-hydrogen) atoms. The molecule has 8 nitrogen and oxygen atoms in total. The maximum absolute atomic E-state index is 10.3. The Morgan fingerprint density at radius 2 is 1.72 bits per heavy atom. The molecule has 2 aromatic rings. The van der Waals surface area contributed by atoms with E-state index in [0.29, 0.717) is 52.1 Å². The van der Waals surface area contributed by atoms with Gasteiger partial charge in [0.25, 0.3) is 0 Å². The number of hydrogen-bond donors (Lipinski definition) is 3. The summed E-state index contributed by atoms with van der Waals surface area (Å²) in [5.74, 6) is 4.33. The van der Waals surface area contributed by atoms with E-state index in [4.69, 9.17) is 20.9 Å². The second-order valence-corrected chi connectivity index (χ2v) is 15.9. The molecule has 5 fully saturated rings. The fraction of sp³-hybridized carbons (Fsp3) is 0.658. The van der Waals surface area contributed by atoms with Crippen molar-refractivity contribution < 1.29 is 14.6 Å². The Bertz CT molecular complexity index is 1480. The van der Waals surface area contributed by atoms with Gasteiger partial charge in [-0.15, -0.1) is 17.5 Å². The monoisotopic (exact) mass is 663 g/mol. The Balaban J connectivity index is 0.000000194. The lowest BCUT2D eigenvalue weighted by atomic mass is 9.48. The van der Waals surface area contributed by atoms with E-state index in [1.807, 2.05) is 30.3 Å². The first-order chi connectivity index (χ1) is 22.0. The Hall–Kier alpha value is -2.52. The van der Waals surface area contributed by atoms with Gasteiger partial charge in [-0.05, 0) is 116 Å². The summed E-state index contributed by atoms with van der Waals surface area (Å²) >= 11 is 0. The number of nitrogens with zero attached hydrogens (tertiary/aromatic N) is 3. The van der Waals surface area contributed by atoms with E-state index in [1.165, 1.54) is 38.5 Å². The van der Waals surface area contributed by atoms with Crippen molar-refractivity contribution in [1.29, 1.82) is 0 Å². The molecule has 3 saturated carbocycles. The third-order valence-corrected chi connectivity index (χ3v) is 13.2. The molecule has 1 aromatic carbocycles. The molecule has 256 valence electrons. The molecule has 0 amide bonds. The fourth-order valence-corrected chi connectivity index (χ4v) is 10.7. The van der Waals surface area contributed by atoms with Crippen molar-refractivity contribution >= 4 is 35.4 Å². The zero-order valence-corrected chi connectivity index (χ0v) is 29.3. The molecule has 1 spiro atoms. The highest BCUT2D eigenvalue weighted by atomic mass is 35.5. The van der Waals surface area contributed by atoms with Crippen LogP contribution in [0.1, 0.15) is 85.5 Å². The van der Waals surface area contributed by atoms with E-state index < -0.39 is 0 Å². The van der Waals surface area contributed by atoms with Crippen LogP contribution < -0.4 is 11.5 Å². The standard InChI is InChI=1S/C27H42O3.C11H11N5.ClH/c1-16-7-12-27(29-15-16)17(2)24-23(30-27)14-22-20-6-5-18-13-19(28)8-10-25(18,3)21(20)9-11-26(22,24)4;12-10-7-6-9(11(13)14-10)16-15-8-4-2-1-3-5-8;/h9,16-20,22-24,28H,5-8,10-15H2,1-4H3;1-7H,(H4,12,13,14);1H. The quantitative estimate of drug-likeness (QED) is 0.218. The number of nitrogen functional groups attached to an aromatic ring is 2. The van der Waals surface area contributed by atoms with E-state index in [-0.39, 0.29) is 30.1 Å². The number of allylic oxidation sites excluding steroid dienone is 2. The molecule has 6 aliphatic rings. The number of fused-ring (bicyclic) bond motifs is 7. The van der Waals surface area contributed by atoms with Gasteiger partial charge in [0.2, 0.25) is 0 Å². The molecular weight excluding hydrogens is 610 g/mol. The fourth-order valence-electron chi connectivity index (χ4n) is 10.7. The van der Waals surface area contributed by atoms with Crippen LogP contribution in [0, 0.1) is 46.3 Å². The molecule has 5 N–H and O–H groups in total. The number of rotatable bonds is 2. The second kappa shape index (κ2) is 13.1. The highest BCUT2D eigenvalue weighted by molar-refractivity contribution is 5.85. The Morgan fingerprint density at radius 3 is 2.45 bits per heavy atom. The summed E-state index contributed by atoms with van der Waals surface area (Å²) in [5.41, 5.74) is 14.8. The average molecular weight is 664 g/mol. The first-order valence-corrected chi connectivity index (χ1v) is 17.7. The molecule has 8 rings (SSSR count). The van der Waals surface area contributed by atoms with Crippen LogP contribution in [0.15, 0.2) is 64.3 Å². The van der Waals surface area contributed by atoms with E-state index >= 15 is 0 Å². The molecule has 2 saturated heterocycles. The number of aliphatic hydroxyl groups excluding tert-OH is 1. The highest BCUT2D eigenvalue weighted by Crippen LogP contribution is 2.69. The van der Waals surface area contributed by atoms with E-state index in [2.05, 4.69) is 49.0 Å². The third-order valence-electron chi connectivity index (χ3n) is 13.2. The number of benzene rings is 1. The highest BCUT2D eigenvalue weighted by Gasteiger charge is 2.67. The molecule has 0 bridgehead atoms. The Kier molecular flexibility index (Phi) is 9.55. The van der Waals surface area contributed by atoms with Gasteiger partial charge in [0.05, 0.1) is 24.5 Å². The minimum atomic E-state index is -0.303. The van der Waals surface area contributed by atoms with Crippen LogP contribution >= 0.6 is 12.4 Å². The van der Waals surface area contributed by atoms with Gasteiger partial charge in [0.15, 0.2) is 11.6 Å².